The predicted molar refractivity (Wildman–Crippen MR) is 68.2 cm³/mol. The van der Waals surface area contributed by atoms with Crippen molar-refractivity contribution in [2.45, 2.75) is 25.4 Å². The lowest BCUT2D eigenvalue weighted by Gasteiger charge is -2.13. The predicted octanol–water partition coefficient (Wildman–Crippen LogP) is 3.90. The van der Waals surface area contributed by atoms with Crippen LogP contribution in [0.1, 0.15) is 30.9 Å². The lowest BCUT2D eigenvalue weighted by molar-refractivity contribution is 0.263. The third-order valence-electron chi connectivity index (χ3n) is 2.84. The zero-order valence-corrected chi connectivity index (χ0v) is 10.9. The topological polar surface area (TPSA) is 18.5 Å². The van der Waals surface area contributed by atoms with Gasteiger partial charge in [0, 0.05) is 0 Å². The minimum atomic E-state index is 0.240. The van der Waals surface area contributed by atoms with Crippen LogP contribution in [0.3, 0.4) is 0 Å². The molecule has 0 heterocycles. The van der Waals surface area contributed by atoms with Crippen LogP contribution in [0, 0.1) is 5.92 Å². The summed E-state index contributed by atoms with van der Waals surface area (Å²) in [7, 11) is 1.69. The second-order valence-electron chi connectivity index (χ2n) is 4.03. The molecular weight excluding hydrogens is 303 g/mol. The summed E-state index contributed by atoms with van der Waals surface area (Å²) in [6.45, 7) is 0. The first-order valence-corrected chi connectivity index (χ1v) is 6.13. The first-order chi connectivity index (χ1) is 7.33. The maximum atomic E-state index is 5.49. The molecule has 82 valence electrons. The van der Waals surface area contributed by atoms with Crippen molar-refractivity contribution >= 4 is 23.0 Å². The molecule has 2 nitrogen and oxygen atoms in total. The van der Waals surface area contributed by atoms with E-state index in [1.54, 1.807) is 7.11 Å². The van der Waals surface area contributed by atoms with Crippen LogP contribution in [0.25, 0.3) is 0 Å². The van der Waals surface area contributed by atoms with E-state index in [4.69, 9.17) is 7.80 Å². The monoisotopic (exact) mass is 318 g/mol. The van der Waals surface area contributed by atoms with E-state index < -0.39 is 0 Å². The lowest BCUT2D eigenvalue weighted by Crippen LogP contribution is -1.99. The van der Waals surface area contributed by atoms with E-state index in [9.17, 15) is 0 Å². The second-order valence-corrected chi connectivity index (χ2v) is 4.54. The van der Waals surface area contributed by atoms with Crippen molar-refractivity contribution < 1.29 is 7.80 Å². The molecule has 1 aromatic rings. The summed E-state index contributed by atoms with van der Waals surface area (Å²) in [4.78, 5) is 0. The van der Waals surface area contributed by atoms with E-state index in [0.29, 0.717) is 0 Å². The van der Waals surface area contributed by atoms with Crippen molar-refractivity contribution in [1.29, 1.82) is 0 Å². The minimum absolute atomic E-state index is 0.240. The molecule has 1 saturated carbocycles. The van der Waals surface area contributed by atoms with Gasteiger partial charge in [0.2, 0.25) is 0 Å². The highest BCUT2D eigenvalue weighted by molar-refractivity contribution is 14.1. The molecule has 15 heavy (non-hydrogen) atoms. The number of hydrogen-bond donors (Lipinski definition) is 0. The third-order valence-corrected chi connectivity index (χ3v) is 3.45. The Hall–Kier alpha value is -0.290. The highest BCUT2D eigenvalue weighted by atomic mass is 127. The molecule has 1 unspecified atom stereocenters. The average molecular weight is 318 g/mol. The second kappa shape index (κ2) is 5.16. The van der Waals surface area contributed by atoms with Gasteiger partial charge in [-0.25, -0.2) is 0 Å². The Balaban J connectivity index is 2.03. The summed E-state index contributed by atoms with van der Waals surface area (Å²) in [5.41, 5.74) is 1.25. The lowest BCUT2D eigenvalue weighted by atomic mass is 10.0. The van der Waals surface area contributed by atoms with Crippen molar-refractivity contribution in [3.8, 4) is 5.75 Å². The summed E-state index contributed by atoms with van der Waals surface area (Å²) in [6, 6.07) is 8.16. The molecule has 1 aliphatic rings. The summed E-state index contributed by atoms with van der Waals surface area (Å²) < 4.78 is 10.6. The number of ether oxygens (including phenoxy) is 1. The molecule has 0 radical (unpaired) electrons. The first kappa shape index (κ1) is 11.2. The van der Waals surface area contributed by atoms with Crippen LogP contribution < -0.4 is 4.74 Å². The molecule has 1 fully saturated rings. The highest BCUT2D eigenvalue weighted by Gasteiger charge is 2.26. The quantitative estimate of drug-likeness (QED) is 0.767. The van der Waals surface area contributed by atoms with Gasteiger partial charge in [-0.1, -0.05) is 25.0 Å². The molecule has 1 atom stereocenters. The first-order valence-electron chi connectivity index (χ1n) is 5.25. The Morgan fingerprint density at radius 3 is 2.47 bits per heavy atom. The van der Waals surface area contributed by atoms with E-state index in [0.717, 1.165) is 18.1 Å². The number of methoxy groups -OCH3 is 1. The maximum absolute atomic E-state index is 5.49. The molecule has 0 spiro atoms. The summed E-state index contributed by atoms with van der Waals surface area (Å²) >= 11 is 2.00. The maximum Gasteiger partial charge on any atom is 0.118 e. The van der Waals surface area contributed by atoms with E-state index in [2.05, 4.69) is 12.1 Å². The number of rotatable bonds is 5. The fourth-order valence-electron chi connectivity index (χ4n) is 1.70. The number of halogens is 1. The van der Waals surface area contributed by atoms with Crippen molar-refractivity contribution in [3.63, 3.8) is 0 Å². The molecule has 0 N–H and O–H groups in total. The zero-order chi connectivity index (χ0) is 10.7. The Kier molecular flexibility index (Phi) is 3.86. The zero-order valence-electron chi connectivity index (χ0n) is 8.78. The summed E-state index contributed by atoms with van der Waals surface area (Å²) in [6.07, 6.45) is 4.12. The van der Waals surface area contributed by atoms with Gasteiger partial charge < -0.3 is 7.80 Å². The minimum Gasteiger partial charge on any atom is -0.497 e. The van der Waals surface area contributed by atoms with Crippen LogP contribution in [-0.2, 0) is 3.07 Å². The van der Waals surface area contributed by atoms with Gasteiger partial charge in [0.15, 0.2) is 0 Å². The van der Waals surface area contributed by atoms with Crippen molar-refractivity contribution in [3.05, 3.63) is 29.8 Å². The molecule has 0 aromatic heterocycles. The standard InChI is InChI=1S/C12H15IO2/c1-14-11-6-4-10(5-7-11)12(15-13)8-9-2-3-9/h4-7,9,12H,2-3,8H2,1H3. The number of hydrogen-bond acceptors (Lipinski definition) is 2. The van der Waals surface area contributed by atoms with Crippen LogP contribution in [0.5, 0.6) is 5.75 Å². The van der Waals surface area contributed by atoms with Crippen LogP contribution in [0.2, 0.25) is 0 Å². The molecule has 3 heteroatoms. The molecular formula is C12H15IO2. The normalized spacial score (nSPS) is 17.5. The van der Waals surface area contributed by atoms with Crippen LogP contribution in [-0.4, -0.2) is 7.11 Å². The Morgan fingerprint density at radius 1 is 1.33 bits per heavy atom. The van der Waals surface area contributed by atoms with Gasteiger partial charge in [-0.2, -0.15) is 0 Å². The van der Waals surface area contributed by atoms with Gasteiger partial charge in [-0.3, -0.25) is 0 Å². The van der Waals surface area contributed by atoms with Gasteiger partial charge in [0.05, 0.1) is 13.2 Å². The van der Waals surface area contributed by atoms with E-state index in [-0.39, 0.29) is 6.10 Å². The van der Waals surface area contributed by atoms with Crippen LogP contribution in [0.15, 0.2) is 24.3 Å². The third kappa shape index (κ3) is 3.08. The van der Waals surface area contributed by atoms with Crippen LogP contribution >= 0.6 is 23.0 Å². The molecule has 0 aliphatic heterocycles. The van der Waals surface area contributed by atoms with Gasteiger partial charge in [-0.15, -0.1) is 0 Å². The molecule has 1 aliphatic carbocycles. The molecule has 2 rings (SSSR count). The molecule has 0 amide bonds. The summed E-state index contributed by atoms with van der Waals surface area (Å²) in [5, 5.41) is 0. The van der Waals surface area contributed by atoms with Gasteiger partial charge in [0.1, 0.15) is 28.8 Å². The van der Waals surface area contributed by atoms with Crippen molar-refractivity contribution in [1.82, 2.24) is 0 Å². The van der Waals surface area contributed by atoms with Gasteiger partial charge in [0.25, 0.3) is 0 Å². The van der Waals surface area contributed by atoms with Gasteiger partial charge in [-0.05, 0) is 30.0 Å². The van der Waals surface area contributed by atoms with E-state index in [1.165, 1.54) is 18.4 Å². The fraction of sp³-hybridized carbons (Fsp3) is 0.500. The number of benzene rings is 1. The molecule has 1 aromatic carbocycles. The highest BCUT2D eigenvalue weighted by Crippen LogP contribution is 2.40. The summed E-state index contributed by atoms with van der Waals surface area (Å²) in [5.74, 6) is 1.78. The van der Waals surface area contributed by atoms with Gasteiger partial charge >= 0.3 is 0 Å². The van der Waals surface area contributed by atoms with E-state index in [1.807, 2.05) is 35.1 Å². The Labute approximate surface area is 105 Å². The Bertz CT molecular complexity index is 306. The average Bonchev–Trinajstić information content (AvgIpc) is 3.10. The Morgan fingerprint density at radius 2 is 2.00 bits per heavy atom. The SMILES string of the molecule is COc1ccc(C(CC2CC2)OI)cc1. The van der Waals surface area contributed by atoms with E-state index >= 15 is 0 Å². The van der Waals surface area contributed by atoms with Crippen LogP contribution in [0.4, 0.5) is 0 Å². The smallest absolute Gasteiger partial charge is 0.118 e. The molecule has 0 saturated heterocycles. The molecule has 0 bridgehead atoms. The fourth-order valence-corrected chi connectivity index (χ4v) is 2.20. The van der Waals surface area contributed by atoms with Crippen molar-refractivity contribution in [2.24, 2.45) is 5.92 Å². The van der Waals surface area contributed by atoms with Crippen molar-refractivity contribution in [2.75, 3.05) is 7.11 Å². The largest absolute Gasteiger partial charge is 0.497 e.